The van der Waals surface area contributed by atoms with E-state index in [1.807, 2.05) is 0 Å². The molecular weight excluding hydrogens is 403 g/mol. The highest BCUT2D eigenvalue weighted by molar-refractivity contribution is 6.35. The minimum atomic E-state index is -2.99. The number of pyridine rings is 1. The van der Waals surface area contributed by atoms with Crippen LogP contribution in [-0.4, -0.2) is 23.3 Å². The lowest BCUT2D eigenvalue weighted by molar-refractivity contribution is -0.0515. The molecule has 0 spiro atoms. The van der Waals surface area contributed by atoms with Gasteiger partial charge >= 0.3 is 6.61 Å². The molecule has 1 unspecified atom stereocenters. The zero-order valence-corrected chi connectivity index (χ0v) is 15.6. The summed E-state index contributed by atoms with van der Waals surface area (Å²) in [6, 6.07) is 4.20. The Morgan fingerprint density at radius 1 is 1.26 bits per heavy atom. The van der Waals surface area contributed by atoms with Crippen LogP contribution in [0.4, 0.5) is 8.78 Å². The van der Waals surface area contributed by atoms with Gasteiger partial charge in [0.25, 0.3) is 5.56 Å². The molecule has 9 heteroatoms. The molecule has 1 atom stereocenters. The molecule has 27 heavy (non-hydrogen) atoms. The largest absolute Gasteiger partial charge is 0.489 e. The minimum Gasteiger partial charge on any atom is -0.489 e. The summed E-state index contributed by atoms with van der Waals surface area (Å²) in [5.41, 5.74) is 0.176. The summed E-state index contributed by atoms with van der Waals surface area (Å²) in [5.74, 6) is 0.433. The van der Waals surface area contributed by atoms with Gasteiger partial charge in [-0.3, -0.25) is 4.79 Å². The third-order valence-electron chi connectivity index (χ3n) is 4.22. The quantitative estimate of drug-likeness (QED) is 0.667. The topological polar surface area (TPSA) is 71.6 Å². The molecule has 0 amide bonds. The van der Waals surface area contributed by atoms with Crippen molar-refractivity contribution in [2.24, 2.45) is 5.92 Å². The van der Waals surface area contributed by atoms with E-state index < -0.39 is 18.3 Å². The van der Waals surface area contributed by atoms with Gasteiger partial charge in [0.2, 0.25) is 0 Å². The Bertz CT molecular complexity index is 871. The summed E-state index contributed by atoms with van der Waals surface area (Å²) in [6.45, 7) is -2.59. The number of aliphatic hydroxyl groups excluding tert-OH is 1. The molecule has 0 saturated heterocycles. The van der Waals surface area contributed by atoms with Crippen LogP contribution in [0.2, 0.25) is 10.0 Å². The summed E-state index contributed by atoms with van der Waals surface area (Å²) >= 11 is 12.0. The van der Waals surface area contributed by atoms with Gasteiger partial charge in [-0.1, -0.05) is 29.3 Å². The Labute approximate surface area is 163 Å². The highest BCUT2D eigenvalue weighted by atomic mass is 35.5. The average molecular weight is 420 g/mol. The fraction of sp³-hybridized carbons (Fsp3) is 0.389. The first kappa shape index (κ1) is 19.9. The van der Waals surface area contributed by atoms with Crippen LogP contribution in [0.5, 0.6) is 11.5 Å². The first-order valence-corrected chi connectivity index (χ1v) is 9.06. The molecule has 3 rings (SSSR count). The third kappa shape index (κ3) is 5.12. The van der Waals surface area contributed by atoms with E-state index in [9.17, 15) is 18.7 Å². The molecular formula is C18H17Cl2F2NO4. The molecule has 146 valence electrons. The maximum Gasteiger partial charge on any atom is 0.387 e. The van der Waals surface area contributed by atoms with Crippen molar-refractivity contribution < 1.29 is 23.4 Å². The summed E-state index contributed by atoms with van der Waals surface area (Å²) in [5, 5.41) is 10.6. The Morgan fingerprint density at radius 2 is 2.00 bits per heavy atom. The Hall–Kier alpha value is -1.83. The maximum absolute atomic E-state index is 12.6. The van der Waals surface area contributed by atoms with Crippen molar-refractivity contribution in [1.82, 2.24) is 4.98 Å². The van der Waals surface area contributed by atoms with Crippen molar-refractivity contribution in [3.63, 3.8) is 0 Å². The van der Waals surface area contributed by atoms with E-state index in [2.05, 4.69) is 9.72 Å². The van der Waals surface area contributed by atoms with Crippen molar-refractivity contribution in [2.75, 3.05) is 6.61 Å². The van der Waals surface area contributed by atoms with E-state index >= 15 is 0 Å². The van der Waals surface area contributed by atoms with Crippen LogP contribution in [0.15, 0.2) is 29.2 Å². The van der Waals surface area contributed by atoms with Gasteiger partial charge in [-0.15, -0.1) is 0 Å². The Kier molecular flexibility index (Phi) is 6.24. The normalized spacial score (nSPS) is 15.0. The summed E-state index contributed by atoms with van der Waals surface area (Å²) < 4.78 is 35.3. The standard InChI is InChI=1S/C18H17Cl2F2NO4/c19-12-7-23-17(25)16(20)11(12)6-13(24)10-3-4-14(27-18(21)22)15(5-10)26-8-9-1-2-9/h3-5,7,9,13,18,24H,1-2,6,8H2,(H,23,25). The molecule has 1 aliphatic rings. The molecule has 1 aromatic carbocycles. The number of benzene rings is 1. The average Bonchev–Trinajstić information content (AvgIpc) is 3.45. The molecule has 1 aliphatic carbocycles. The van der Waals surface area contributed by atoms with Gasteiger partial charge in [-0.2, -0.15) is 8.78 Å². The number of hydrogen-bond acceptors (Lipinski definition) is 4. The number of halogens is 4. The summed E-state index contributed by atoms with van der Waals surface area (Å²) in [4.78, 5) is 14.0. The monoisotopic (exact) mass is 419 g/mol. The minimum absolute atomic E-state index is 0.0291. The molecule has 2 aromatic rings. The lowest BCUT2D eigenvalue weighted by atomic mass is 10.0. The first-order chi connectivity index (χ1) is 12.8. The van der Waals surface area contributed by atoms with Crippen LogP contribution < -0.4 is 15.0 Å². The number of hydrogen-bond donors (Lipinski definition) is 2. The zero-order chi connectivity index (χ0) is 19.6. The van der Waals surface area contributed by atoms with E-state index in [1.54, 1.807) is 0 Å². The van der Waals surface area contributed by atoms with Crippen LogP contribution in [0.3, 0.4) is 0 Å². The molecule has 5 nitrogen and oxygen atoms in total. The number of aliphatic hydroxyl groups is 1. The lowest BCUT2D eigenvalue weighted by Crippen LogP contribution is -2.12. The fourth-order valence-electron chi connectivity index (χ4n) is 2.55. The molecule has 1 fully saturated rings. The summed E-state index contributed by atoms with van der Waals surface area (Å²) in [7, 11) is 0. The van der Waals surface area contributed by atoms with Gasteiger partial charge in [0.1, 0.15) is 5.02 Å². The van der Waals surface area contributed by atoms with Crippen LogP contribution in [-0.2, 0) is 6.42 Å². The predicted octanol–water partition coefficient (Wildman–Crippen LogP) is 4.35. The van der Waals surface area contributed by atoms with E-state index in [0.717, 1.165) is 12.8 Å². The second-order valence-corrected chi connectivity index (χ2v) is 7.10. The molecule has 1 aromatic heterocycles. The number of nitrogens with one attached hydrogen (secondary N) is 1. The van der Waals surface area contributed by atoms with Gasteiger partial charge < -0.3 is 19.6 Å². The zero-order valence-electron chi connectivity index (χ0n) is 14.1. The number of alkyl halides is 2. The van der Waals surface area contributed by atoms with Crippen molar-refractivity contribution >= 4 is 23.2 Å². The summed E-state index contributed by atoms with van der Waals surface area (Å²) in [6.07, 6.45) is 2.26. The van der Waals surface area contributed by atoms with Crippen LogP contribution in [0.1, 0.15) is 30.1 Å². The van der Waals surface area contributed by atoms with Crippen molar-refractivity contribution in [2.45, 2.75) is 32.0 Å². The van der Waals surface area contributed by atoms with Gasteiger partial charge in [0, 0.05) is 12.6 Å². The second-order valence-electron chi connectivity index (χ2n) is 6.32. The Balaban J connectivity index is 1.83. The lowest BCUT2D eigenvalue weighted by Gasteiger charge is -2.17. The highest BCUT2D eigenvalue weighted by Crippen LogP contribution is 2.36. The third-order valence-corrected chi connectivity index (χ3v) is 4.96. The second kappa shape index (κ2) is 8.46. The van der Waals surface area contributed by atoms with Gasteiger partial charge in [-0.05, 0) is 42.0 Å². The fourth-order valence-corrected chi connectivity index (χ4v) is 3.06. The molecule has 0 bridgehead atoms. The smallest absolute Gasteiger partial charge is 0.387 e. The van der Waals surface area contributed by atoms with E-state index in [4.69, 9.17) is 27.9 Å². The SMILES string of the molecule is O=c1[nH]cc(Cl)c(CC(O)c2ccc(OC(F)F)c(OCC3CC3)c2)c1Cl. The van der Waals surface area contributed by atoms with E-state index in [0.29, 0.717) is 23.7 Å². The highest BCUT2D eigenvalue weighted by Gasteiger charge is 2.24. The van der Waals surface area contributed by atoms with Crippen molar-refractivity contribution in [1.29, 1.82) is 0 Å². The van der Waals surface area contributed by atoms with Crippen molar-refractivity contribution in [3.8, 4) is 11.5 Å². The molecule has 0 aliphatic heterocycles. The number of ether oxygens (including phenoxy) is 2. The predicted molar refractivity (Wildman–Crippen MR) is 97.0 cm³/mol. The van der Waals surface area contributed by atoms with Gasteiger partial charge in [0.05, 0.1) is 17.7 Å². The number of aromatic amines is 1. The van der Waals surface area contributed by atoms with Crippen LogP contribution in [0, 0.1) is 5.92 Å². The molecule has 0 radical (unpaired) electrons. The number of H-pyrrole nitrogens is 1. The molecule has 1 heterocycles. The van der Waals surface area contributed by atoms with Crippen molar-refractivity contribution in [3.05, 3.63) is 55.9 Å². The molecule has 1 saturated carbocycles. The van der Waals surface area contributed by atoms with Crippen LogP contribution >= 0.6 is 23.2 Å². The van der Waals surface area contributed by atoms with E-state index in [-0.39, 0.29) is 28.0 Å². The number of rotatable bonds is 8. The van der Waals surface area contributed by atoms with Gasteiger partial charge in [-0.25, -0.2) is 0 Å². The molecule has 2 N–H and O–H groups in total. The maximum atomic E-state index is 12.6. The Morgan fingerprint density at radius 3 is 2.67 bits per heavy atom. The number of aromatic nitrogens is 1. The van der Waals surface area contributed by atoms with E-state index in [1.165, 1.54) is 24.4 Å². The van der Waals surface area contributed by atoms with Gasteiger partial charge in [0.15, 0.2) is 11.5 Å². The first-order valence-electron chi connectivity index (χ1n) is 8.30. The van der Waals surface area contributed by atoms with Crippen LogP contribution in [0.25, 0.3) is 0 Å².